The van der Waals surface area contributed by atoms with Crippen molar-refractivity contribution in [3.8, 4) is 5.75 Å². The van der Waals surface area contributed by atoms with E-state index in [0.29, 0.717) is 19.2 Å². The van der Waals surface area contributed by atoms with Crippen LogP contribution in [0.3, 0.4) is 0 Å². The Bertz CT molecular complexity index is 307. The first-order valence-electron chi connectivity index (χ1n) is 6.43. The maximum absolute atomic E-state index is 5.88. The Morgan fingerprint density at radius 2 is 1.71 bits per heavy atom. The number of hydrogen-bond donors (Lipinski definition) is 1. The Balaban J connectivity index is 2.81. The molecule has 0 aliphatic heterocycles. The zero-order valence-corrected chi connectivity index (χ0v) is 11.1. The summed E-state index contributed by atoms with van der Waals surface area (Å²) < 4.78 is 5.44. The first kappa shape index (κ1) is 14.0. The Morgan fingerprint density at radius 1 is 1.12 bits per heavy atom. The van der Waals surface area contributed by atoms with E-state index in [1.165, 1.54) is 5.56 Å². The molecule has 0 heterocycles. The second-order valence-electron chi connectivity index (χ2n) is 3.97. The van der Waals surface area contributed by atoms with Crippen molar-refractivity contribution in [1.29, 1.82) is 0 Å². The average Bonchev–Trinajstić information content (AvgIpc) is 2.37. The molecule has 0 aromatic heterocycles. The van der Waals surface area contributed by atoms with Crippen molar-refractivity contribution in [1.82, 2.24) is 4.90 Å². The van der Waals surface area contributed by atoms with Gasteiger partial charge in [0.05, 0.1) is 6.61 Å². The molecular weight excluding hydrogens is 212 g/mol. The van der Waals surface area contributed by atoms with Crippen molar-refractivity contribution >= 4 is 0 Å². The summed E-state index contributed by atoms with van der Waals surface area (Å²) in [4.78, 5) is 2.37. The first-order valence-corrected chi connectivity index (χ1v) is 6.43. The molecule has 0 aliphatic rings. The molecular formula is C14H24N2O. The number of nitrogens with zero attached hydrogens (tertiary/aromatic N) is 1. The van der Waals surface area contributed by atoms with Crippen molar-refractivity contribution < 1.29 is 4.74 Å². The second kappa shape index (κ2) is 7.30. The van der Waals surface area contributed by atoms with Crippen molar-refractivity contribution in [3.63, 3.8) is 0 Å². The van der Waals surface area contributed by atoms with Crippen LogP contribution in [0.1, 0.15) is 32.4 Å². The smallest absolute Gasteiger partial charge is 0.119 e. The topological polar surface area (TPSA) is 38.5 Å². The third kappa shape index (κ3) is 3.72. The molecule has 1 rings (SSSR count). The number of likely N-dealkylation sites (N-methyl/N-ethyl adjacent to an activating group) is 1. The number of rotatable bonds is 7. The molecule has 2 N–H and O–H groups in total. The fourth-order valence-corrected chi connectivity index (χ4v) is 2.11. The standard InChI is InChI=1S/C14H24N2O/c1-4-16(5-2)14(11-15)12-7-9-13(10-8-12)17-6-3/h7-10,14H,4-6,11,15H2,1-3H3/t14-/m1/s1. The monoisotopic (exact) mass is 236 g/mol. The van der Waals surface area contributed by atoms with Gasteiger partial charge in [0.15, 0.2) is 0 Å². The van der Waals surface area contributed by atoms with Crippen LogP contribution >= 0.6 is 0 Å². The highest BCUT2D eigenvalue weighted by Crippen LogP contribution is 2.22. The summed E-state index contributed by atoms with van der Waals surface area (Å²) in [6.45, 7) is 9.72. The lowest BCUT2D eigenvalue weighted by Gasteiger charge is -2.29. The number of nitrogens with two attached hydrogens (primary N) is 1. The van der Waals surface area contributed by atoms with E-state index in [2.05, 4.69) is 30.9 Å². The van der Waals surface area contributed by atoms with E-state index < -0.39 is 0 Å². The quantitative estimate of drug-likeness (QED) is 0.790. The van der Waals surface area contributed by atoms with Crippen LogP contribution in [-0.2, 0) is 0 Å². The minimum absolute atomic E-state index is 0.306. The summed E-state index contributed by atoms with van der Waals surface area (Å²) in [6.07, 6.45) is 0. The Hall–Kier alpha value is -1.06. The highest BCUT2D eigenvalue weighted by molar-refractivity contribution is 5.29. The van der Waals surface area contributed by atoms with Gasteiger partial charge in [-0.1, -0.05) is 26.0 Å². The van der Waals surface area contributed by atoms with Crippen LogP contribution in [0.15, 0.2) is 24.3 Å². The maximum atomic E-state index is 5.88. The lowest BCUT2D eigenvalue weighted by molar-refractivity contribution is 0.224. The van der Waals surface area contributed by atoms with Gasteiger partial charge in [-0.05, 0) is 37.7 Å². The van der Waals surface area contributed by atoms with Gasteiger partial charge in [-0.15, -0.1) is 0 Å². The van der Waals surface area contributed by atoms with Crippen LogP contribution in [-0.4, -0.2) is 31.1 Å². The average molecular weight is 236 g/mol. The third-order valence-corrected chi connectivity index (χ3v) is 3.05. The maximum Gasteiger partial charge on any atom is 0.119 e. The van der Waals surface area contributed by atoms with Gasteiger partial charge < -0.3 is 10.5 Å². The molecule has 0 amide bonds. The first-order chi connectivity index (χ1) is 8.26. The molecule has 0 saturated carbocycles. The summed E-state index contributed by atoms with van der Waals surface area (Å²) in [5.74, 6) is 0.923. The van der Waals surface area contributed by atoms with Crippen LogP contribution in [0, 0.1) is 0 Å². The number of ether oxygens (including phenoxy) is 1. The van der Waals surface area contributed by atoms with Gasteiger partial charge in [0.25, 0.3) is 0 Å². The number of benzene rings is 1. The second-order valence-corrected chi connectivity index (χ2v) is 3.97. The van der Waals surface area contributed by atoms with Crippen LogP contribution in [0.4, 0.5) is 0 Å². The largest absolute Gasteiger partial charge is 0.494 e. The van der Waals surface area contributed by atoms with Gasteiger partial charge in [-0.3, -0.25) is 4.90 Å². The van der Waals surface area contributed by atoms with Gasteiger partial charge in [-0.25, -0.2) is 0 Å². The predicted octanol–water partition coefficient (Wildman–Crippen LogP) is 2.43. The lowest BCUT2D eigenvalue weighted by atomic mass is 10.1. The van der Waals surface area contributed by atoms with Crippen molar-refractivity contribution in [2.24, 2.45) is 5.73 Å². The van der Waals surface area contributed by atoms with Gasteiger partial charge >= 0.3 is 0 Å². The zero-order chi connectivity index (χ0) is 12.7. The Kier molecular flexibility index (Phi) is 6.01. The minimum Gasteiger partial charge on any atom is -0.494 e. The normalized spacial score (nSPS) is 12.8. The summed E-state index contributed by atoms with van der Waals surface area (Å²) in [5.41, 5.74) is 7.14. The molecule has 0 spiro atoms. The van der Waals surface area contributed by atoms with Gasteiger partial charge in [0.2, 0.25) is 0 Å². The fraction of sp³-hybridized carbons (Fsp3) is 0.571. The van der Waals surface area contributed by atoms with Crippen LogP contribution in [0.25, 0.3) is 0 Å². The molecule has 96 valence electrons. The van der Waals surface area contributed by atoms with Gasteiger partial charge in [0, 0.05) is 12.6 Å². The summed E-state index contributed by atoms with van der Waals surface area (Å²) in [6, 6.07) is 8.57. The summed E-state index contributed by atoms with van der Waals surface area (Å²) >= 11 is 0. The van der Waals surface area contributed by atoms with E-state index in [1.807, 2.05) is 19.1 Å². The van der Waals surface area contributed by atoms with E-state index in [4.69, 9.17) is 10.5 Å². The highest BCUT2D eigenvalue weighted by Gasteiger charge is 2.15. The van der Waals surface area contributed by atoms with E-state index >= 15 is 0 Å². The van der Waals surface area contributed by atoms with Crippen LogP contribution in [0.2, 0.25) is 0 Å². The zero-order valence-electron chi connectivity index (χ0n) is 11.1. The molecule has 0 radical (unpaired) electrons. The van der Waals surface area contributed by atoms with Crippen molar-refractivity contribution in [2.75, 3.05) is 26.2 Å². The van der Waals surface area contributed by atoms with Crippen LogP contribution < -0.4 is 10.5 Å². The molecule has 0 saturated heterocycles. The minimum atomic E-state index is 0.306. The van der Waals surface area contributed by atoms with Gasteiger partial charge in [0.1, 0.15) is 5.75 Å². The Labute approximate surface area is 105 Å². The van der Waals surface area contributed by atoms with Gasteiger partial charge in [-0.2, -0.15) is 0 Å². The molecule has 0 bridgehead atoms. The third-order valence-electron chi connectivity index (χ3n) is 3.05. The van der Waals surface area contributed by atoms with Crippen molar-refractivity contribution in [2.45, 2.75) is 26.8 Å². The molecule has 0 fully saturated rings. The predicted molar refractivity (Wildman–Crippen MR) is 72.3 cm³/mol. The molecule has 1 aromatic rings. The summed E-state index contributed by atoms with van der Waals surface area (Å²) in [5, 5.41) is 0. The SMILES string of the molecule is CCOc1ccc([C@@H](CN)N(CC)CC)cc1. The molecule has 0 aliphatic carbocycles. The molecule has 0 unspecified atom stereocenters. The Morgan fingerprint density at radius 3 is 2.12 bits per heavy atom. The highest BCUT2D eigenvalue weighted by atomic mass is 16.5. The number of hydrogen-bond acceptors (Lipinski definition) is 3. The fourth-order valence-electron chi connectivity index (χ4n) is 2.11. The molecule has 1 atom stereocenters. The lowest BCUT2D eigenvalue weighted by Crippen LogP contribution is -2.33. The van der Waals surface area contributed by atoms with Crippen LogP contribution in [0.5, 0.6) is 5.75 Å². The van der Waals surface area contributed by atoms with E-state index in [9.17, 15) is 0 Å². The van der Waals surface area contributed by atoms with E-state index in [-0.39, 0.29) is 0 Å². The molecule has 3 nitrogen and oxygen atoms in total. The van der Waals surface area contributed by atoms with Crippen molar-refractivity contribution in [3.05, 3.63) is 29.8 Å². The molecule has 1 aromatic carbocycles. The van der Waals surface area contributed by atoms with E-state index in [1.54, 1.807) is 0 Å². The molecule has 3 heteroatoms. The molecule has 17 heavy (non-hydrogen) atoms. The van der Waals surface area contributed by atoms with E-state index in [0.717, 1.165) is 18.8 Å². The summed E-state index contributed by atoms with van der Waals surface area (Å²) in [7, 11) is 0.